The molecule has 0 spiro atoms. The van der Waals surface area contributed by atoms with E-state index in [-0.39, 0.29) is 11.9 Å². The predicted molar refractivity (Wildman–Crippen MR) is 62.6 cm³/mol. The number of carbonyl (C=O) groups excluding carboxylic acids is 1. The molecular formula is C12H24N2O. The highest BCUT2D eigenvalue weighted by atomic mass is 16.2. The fourth-order valence-corrected chi connectivity index (χ4v) is 1.99. The van der Waals surface area contributed by atoms with Gasteiger partial charge in [-0.1, -0.05) is 34.1 Å². The highest BCUT2D eigenvalue weighted by Crippen LogP contribution is 2.13. The summed E-state index contributed by atoms with van der Waals surface area (Å²) < 4.78 is 0. The lowest BCUT2D eigenvalue weighted by Crippen LogP contribution is -2.60. The summed E-state index contributed by atoms with van der Waals surface area (Å²) in [7, 11) is 0. The van der Waals surface area contributed by atoms with Crippen LogP contribution in [0.15, 0.2) is 0 Å². The first kappa shape index (κ1) is 12.5. The second-order valence-electron chi connectivity index (χ2n) is 5.09. The van der Waals surface area contributed by atoms with E-state index in [2.05, 4.69) is 38.3 Å². The van der Waals surface area contributed by atoms with Crippen LogP contribution in [0.2, 0.25) is 0 Å². The molecule has 3 nitrogen and oxygen atoms in total. The molecule has 3 heteroatoms. The van der Waals surface area contributed by atoms with Crippen molar-refractivity contribution >= 4 is 5.91 Å². The van der Waals surface area contributed by atoms with Gasteiger partial charge in [-0.15, -0.1) is 0 Å². The molecule has 1 aliphatic heterocycles. The van der Waals surface area contributed by atoms with Gasteiger partial charge in [0.25, 0.3) is 0 Å². The molecule has 0 aromatic rings. The number of hydrogen-bond donors (Lipinski definition) is 2. The van der Waals surface area contributed by atoms with Crippen LogP contribution in [-0.4, -0.2) is 24.5 Å². The van der Waals surface area contributed by atoms with E-state index in [0.29, 0.717) is 17.9 Å². The Morgan fingerprint density at radius 1 is 1.40 bits per heavy atom. The van der Waals surface area contributed by atoms with E-state index in [1.165, 1.54) is 0 Å². The molecule has 3 atom stereocenters. The first-order chi connectivity index (χ1) is 7.04. The summed E-state index contributed by atoms with van der Waals surface area (Å²) in [5, 5.41) is 6.47. The lowest BCUT2D eigenvalue weighted by Gasteiger charge is -2.34. The molecule has 1 heterocycles. The van der Waals surface area contributed by atoms with Crippen molar-refractivity contribution in [3.63, 3.8) is 0 Å². The third-order valence-corrected chi connectivity index (χ3v) is 3.27. The highest BCUT2D eigenvalue weighted by Gasteiger charge is 2.29. The molecule has 1 rings (SSSR count). The van der Waals surface area contributed by atoms with Crippen molar-refractivity contribution in [2.45, 2.75) is 52.6 Å². The number of piperazine rings is 1. The number of nitrogens with one attached hydrogen (secondary N) is 2. The molecule has 0 aromatic heterocycles. The average Bonchev–Trinajstić information content (AvgIpc) is 2.19. The summed E-state index contributed by atoms with van der Waals surface area (Å²) in [6, 6.07) is 0.330. The molecule has 0 aromatic carbocycles. The summed E-state index contributed by atoms with van der Waals surface area (Å²) in [6.45, 7) is 9.57. The second-order valence-corrected chi connectivity index (χ2v) is 5.09. The summed E-state index contributed by atoms with van der Waals surface area (Å²) in [5.74, 6) is 1.30. The lowest BCUT2D eigenvalue weighted by atomic mass is 9.94. The largest absolute Gasteiger partial charge is 0.350 e. The maximum Gasteiger partial charge on any atom is 0.237 e. The monoisotopic (exact) mass is 212 g/mol. The second kappa shape index (κ2) is 5.50. The van der Waals surface area contributed by atoms with Gasteiger partial charge >= 0.3 is 0 Å². The lowest BCUT2D eigenvalue weighted by molar-refractivity contribution is -0.126. The highest BCUT2D eigenvalue weighted by molar-refractivity contribution is 5.82. The van der Waals surface area contributed by atoms with Crippen LogP contribution in [0.3, 0.4) is 0 Å². The van der Waals surface area contributed by atoms with Crippen LogP contribution < -0.4 is 10.6 Å². The summed E-state index contributed by atoms with van der Waals surface area (Å²) in [5.41, 5.74) is 0. The molecule has 15 heavy (non-hydrogen) atoms. The number of hydrogen-bond acceptors (Lipinski definition) is 2. The fraction of sp³-hybridized carbons (Fsp3) is 0.917. The molecule has 1 aliphatic rings. The Morgan fingerprint density at radius 2 is 2.07 bits per heavy atom. The van der Waals surface area contributed by atoms with Gasteiger partial charge in [0.05, 0.1) is 6.04 Å². The average molecular weight is 212 g/mol. The predicted octanol–water partition coefficient (Wildman–Crippen LogP) is 1.54. The van der Waals surface area contributed by atoms with Gasteiger partial charge in [0, 0.05) is 12.6 Å². The standard InChI is InChI=1S/C12H24N2O/c1-5-9(4)11-7-13-10(6-8(2)3)12(15)14-11/h8-11,13H,5-7H2,1-4H3,(H,14,15). The molecule has 88 valence electrons. The number of carbonyl (C=O) groups is 1. The van der Waals surface area contributed by atoms with Crippen LogP contribution in [0.5, 0.6) is 0 Å². The van der Waals surface area contributed by atoms with E-state index in [1.54, 1.807) is 0 Å². The Balaban J connectivity index is 2.44. The van der Waals surface area contributed by atoms with E-state index < -0.39 is 0 Å². The molecule has 0 radical (unpaired) electrons. The Labute approximate surface area is 93.0 Å². The van der Waals surface area contributed by atoms with Crippen molar-refractivity contribution in [1.82, 2.24) is 10.6 Å². The number of amides is 1. The normalized spacial score (nSPS) is 29.0. The minimum absolute atomic E-state index is 0.0188. The van der Waals surface area contributed by atoms with Gasteiger partial charge in [0.2, 0.25) is 5.91 Å². The smallest absolute Gasteiger partial charge is 0.237 e. The van der Waals surface area contributed by atoms with Crippen molar-refractivity contribution in [3.05, 3.63) is 0 Å². The quantitative estimate of drug-likeness (QED) is 0.742. The van der Waals surface area contributed by atoms with Gasteiger partial charge < -0.3 is 10.6 Å². The van der Waals surface area contributed by atoms with E-state index in [1.807, 2.05) is 0 Å². The van der Waals surface area contributed by atoms with Crippen LogP contribution >= 0.6 is 0 Å². The Hall–Kier alpha value is -0.570. The molecule has 1 amide bonds. The zero-order valence-electron chi connectivity index (χ0n) is 10.3. The van der Waals surface area contributed by atoms with Crippen molar-refractivity contribution in [2.24, 2.45) is 11.8 Å². The van der Waals surface area contributed by atoms with E-state index in [9.17, 15) is 4.79 Å². The molecule has 0 aliphatic carbocycles. The molecule has 2 N–H and O–H groups in total. The van der Waals surface area contributed by atoms with Crippen molar-refractivity contribution in [3.8, 4) is 0 Å². The van der Waals surface area contributed by atoms with Crippen LogP contribution in [0.4, 0.5) is 0 Å². The van der Waals surface area contributed by atoms with Gasteiger partial charge in [-0.2, -0.15) is 0 Å². The van der Waals surface area contributed by atoms with Crippen LogP contribution in [0.25, 0.3) is 0 Å². The number of rotatable bonds is 4. The van der Waals surface area contributed by atoms with Crippen LogP contribution in [0, 0.1) is 11.8 Å². The van der Waals surface area contributed by atoms with Crippen molar-refractivity contribution in [2.75, 3.05) is 6.54 Å². The summed E-state index contributed by atoms with van der Waals surface area (Å²) >= 11 is 0. The molecule has 3 unspecified atom stereocenters. The van der Waals surface area contributed by atoms with Gasteiger partial charge in [-0.3, -0.25) is 4.79 Å². The van der Waals surface area contributed by atoms with E-state index in [0.717, 1.165) is 19.4 Å². The first-order valence-corrected chi connectivity index (χ1v) is 6.08. The van der Waals surface area contributed by atoms with Gasteiger partial charge in [0.1, 0.15) is 0 Å². The minimum Gasteiger partial charge on any atom is -0.350 e. The molecular weight excluding hydrogens is 188 g/mol. The van der Waals surface area contributed by atoms with Crippen LogP contribution in [-0.2, 0) is 4.79 Å². The zero-order chi connectivity index (χ0) is 11.4. The Bertz CT molecular complexity index is 216. The SMILES string of the molecule is CCC(C)C1CNC(CC(C)C)C(=O)N1. The van der Waals surface area contributed by atoms with Gasteiger partial charge in [-0.05, 0) is 18.3 Å². The Morgan fingerprint density at radius 3 is 2.53 bits per heavy atom. The molecule has 0 saturated carbocycles. The molecule has 1 fully saturated rings. The van der Waals surface area contributed by atoms with Gasteiger partial charge in [-0.25, -0.2) is 0 Å². The minimum atomic E-state index is 0.0188. The maximum atomic E-state index is 11.8. The van der Waals surface area contributed by atoms with Crippen LogP contribution in [0.1, 0.15) is 40.5 Å². The summed E-state index contributed by atoms with van der Waals surface area (Å²) in [6.07, 6.45) is 2.04. The topological polar surface area (TPSA) is 41.1 Å². The van der Waals surface area contributed by atoms with Gasteiger partial charge in [0.15, 0.2) is 0 Å². The van der Waals surface area contributed by atoms with Crippen molar-refractivity contribution < 1.29 is 4.79 Å². The van der Waals surface area contributed by atoms with E-state index >= 15 is 0 Å². The maximum absolute atomic E-state index is 11.8. The summed E-state index contributed by atoms with van der Waals surface area (Å²) in [4.78, 5) is 11.8. The first-order valence-electron chi connectivity index (χ1n) is 6.08. The Kier molecular flexibility index (Phi) is 4.58. The zero-order valence-corrected chi connectivity index (χ0v) is 10.3. The van der Waals surface area contributed by atoms with E-state index in [4.69, 9.17) is 0 Å². The molecule has 0 bridgehead atoms. The van der Waals surface area contributed by atoms with Crippen molar-refractivity contribution in [1.29, 1.82) is 0 Å². The third kappa shape index (κ3) is 3.49. The molecule has 1 saturated heterocycles. The third-order valence-electron chi connectivity index (χ3n) is 3.27. The fourth-order valence-electron chi connectivity index (χ4n) is 1.99.